The Bertz CT molecular complexity index is 370. The van der Waals surface area contributed by atoms with E-state index in [1.165, 1.54) is 0 Å². The summed E-state index contributed by atoms with van der Waals surface area (Å²) in [7, 11) is -3.58. The zero-order chi connectivity index (χ0) is 9.90. The summed E-state index contributed by atoms with van der Waals surface area (Å²) >= 11 is 0. The largest absolute Gasteiger partial charge is 0.338 e. The molecule has 1 aromatic rings. The van der Waals surface area contributed by atoms with Gasteiger partial charge in [0, 0.05) is 6.42 Å². The van der Waals surface area contributed by atoms with Gasteiger partial charge in [0.25, 0.3) is 0 Å². The first-order valence-corrected chi connectivity index (χ1v) is 5.54. The van der Waals surface area contributed by atoms with Crippen LogP contribution in [0.2, 0.25) is 0 Å². The zero-order valence-electron chi connectivity index (χ0n) is 7.23. The van der Waals surface area contributed by atoms with Gasteiger partial charge in [-0.3, -0.25) is 0 Å². The summed E-state index contributed by atoms with van der Waals surface area (Å²) in [6.07, 6.45) is 1.56. The summed E-state index contributed by atoms with van der Waals surface area (Å²) in [6, 6.07) is 0. The average Bonchev–Trinajstić information content (AvgIpc) is 2.33. The summed E-state index contributed by atoms with van der Waals surface area (Å²) in [6.45, 7) is 1.97. The quantitative estimate of drug-likeness (QED) is 0.734. The fourth-order valence-corrected chi connectivity index (χ4v) is 1.31. The van der Waals surface area contributed by atoms with Gasteiger partial charge in [-0.1, -0.05) is 12.1 Å². The molecule has 7 heteroatoms. The third-order valence-corrected chi connectivity index (χ3v) is 1.96. The predicted molar refractivity (Wildman–Crippen MR) is 45.1 cm³/mol. The third kappa shape index (κ3) is 3.51. The van der Waals surface area contributed by atoms with E-state index in [4.69, 9.17) is 5.14 Å². The molecule has 2 N–H and O–H groups in total. The minimum absolute atomic E-state index is 0.0472. The molecule has 0 saturated heterocycles. The maximum atomic E-state index is 10.6. The van der Waals surface area contributed by atoms with Crippen LogP contribution in [-0.4, -0.2) is 18.6 Å². The van der Waals surface area contributed by atoms with Gasteiger partial charge in [0.05, 0.1) is 0 Å². The fourth-order valence-electron chi connectivity index (χ4n) is 0.846. The summed E-state index contributed by atoms with van der Waals surface area (Å²) < 4.78 is 25.9. The molecular formula is C6H11N3O3S. The van der Waals surface area contributed by atoms with Gasteiger partial charge in [-0.2, -0.15) is 4.98 Å². The number of sulfonamides is 1. The number of hydrogen-bond donors (Lipinski definition) is 1. The topological polar surface area (TPSA) is 99.1 Å². The van der Waals surface area contributed by atoms with Gasteiger partial charge < -0.3 is 4.52 Å². The van der Waals surface area contributed by atoms with E-state index < -0.39 is 15.8 Å². The maximum Gasteiger partial charge on any atom is 0.243 e. The molecule has 1 aromatic heterocycles. The van der Waals surface area contributed by atoms with Gasteiger partial charge in [-0.05, 0) is 6.42 Å². The zero-order valence-corrected chi connectivity index (χ0v) is 8.04. The molecule has 13 heavy (non-hydrogen) atoms. The van der Waals surface area contributed by atoms with Crippen LogP contribution in [0.25, 0.3) is 0 Å². The first-order valence-electron chi connectivity index (χ1n) is 3.83. The van der Waals surface area contributed by atoms with Crippen molar-refractivity contribution in [3.05, 3.63) is 11.7 Å². The minimum Gasteiger partial charge on any atom is -0.338 e. The number of nitrogens with zero attached hydrogens (tertiary/aromatic N) is 2. The molecule has 1 rings (SSSR count). The molecule has 0 radical (unpaired) electrons. The van der Waals surface area contributed by atoms with Crippen LogP contribution in [-0.2, 0) is 22.2 Å². The molecule has 0 amide bonds. The second kappa shape index (κ2) is 3.84. The standard InChI is InChI=1S/C6H11N3O3S/c1-2-3-5-8-6(12-9-5)4-13(7,10)11/h2-4H2,1H3,(H2,7,10,11). The van der Waals surface area contributed by atoms with Crippen LogP contribution < -0.4 is 5.14 Å². The van der Waals surface area contributed by atoms with Gasteiger partial charge in [-0.15, -0.1) is 0 Å². The Morgan fingerprint density at radius 3 is 2.77 bits per heavy atom. The molecule has 6 nitrogen and oxygen atoms in total. The second-order valence-corrected chi connectivity index (χ2v) is 4.28. The smallest absolute Gasteiger partial charge is 0.243 e. The van der Waals surface area contributed by atoms with Gasteiger partial charge in [-0.25, -0.2) is 13.6 Å². The van der Waals surface area contributed by atoms with Crippen molar-refractivity contribution in [3.63, 3.8) is 0 Å². The van der Waals surface area contributed by atoms with Crippen molar-refractivity contribution in [1.82, 2.24) is 10.1 Å². The molecule has 0 atom stereocenters. The van der Waals surface area contributed by atoms with Gasteiger partial charge in [0.2, 0.25) is 15.9 Å². The van der Waals surface area contributed by atoms with Gasteiger partial charge in [0.15, 0.2) is 5.82 Å². The van der Waals surface area contributed by atoms with Crippen molar-refractivity contribution in [1.29, 1.82) is 0 Å². The summed E-state index contributed by atoms with van der Waals surface area (Å²) in [5.74, 6) is 0.163. The van der Waals surface area contributed by atoms with Crippen LogP contribution in [0.4, 0.5) is 0 Å². The number of primary sulfonamides is 1. The summed E-state index contributed by atoms with van der Waals surface area (Å²) in [5, 5.41) is 8.38. The van der Waals surface area contributed by atoms with E-state index in [1.807, 2.05) is 6.92 Å². The molecule has 0 spiro atoms. The lowest BCUT2D eigenvalue weighted by Gasteiger charge is -1.88. The highest BCUT2D eigenvalue weighted by molar-refractivity contribution is 7.88. The molecule has 1 heterocycles. The maximum absolute atomic E-state index is 10.6. The van der Waals surface area contributed by atoms with Gasteiger partial charge in [0.1, 0.15) is 5.75 Å². The van der Waals surface area contributed by atoms with E-state index in [1.54, 1.807) is 0 Å². The molecule has 0 saturated carbocycles. The average molecular weight is 205 g/mol. The van der Waals surface area contributed by atoms with Crippen LogP contribution in [0, 0.1) is 0 Å². The second-order valence-electron chi connectivity index (χ2n) is 2.66. The lowest BCUT2D eigenvalue weighted by atomic mass is 10.3. The lowest BCUT2D eigenvalue weighted by molar-refractivity contribution is 0.382. The minimum atomic E-state index is -3.58. The van der Waals surface area contributed by atoms with E-state index in [0.29, 0.717) is 12.2 Å². The number of aromatic nitrogens is 2. The van der Waals surface area contributed by atoms with Crippen molar-refractivity contribution in [2.75, 3.05) is 0 Å². The first kappa shape index (κ1) is 10.1. The Hall–Kier alpha value is -0.950. The number of rotatable bonds is 4. The van der Waals surface area contributed by atoms with Crippen LogP contribution >= 0.6 is 0 Å². The highest BCUT2D eigenvalue weighted by Gasteiger charge is 2.12. The molecule has 0 bridgehead atoms. The SMILES string of the molecule is CCCc1noc(CS(N)(=O)=O)n1. The Labute approximate surface area is 76.2 Å². The Morgan fingerprint density at radius 1 is 1.54 bits per heavy atom. The van der Waals surface area contributed by atoms with Crippen molar-refractivity contribution in [2.24, 2.45) is 5.14 Å². The molecule has 0 aliphatic rings. The van der Waals surface area contributed by atoms with E-state index in [-0.39, 0.29) is 5.89 Å². The molecule has 0 aliphatic heterocycles. The van der Waals surface area contributed by atoms with Crippen molar-refractivity contribution >= 4 is 10.0 Å². The summed E-state index contributed by atoms with van der Waals surface area (Å²) in [5.41, 5.74) is 0. The molecule has 0 aliphatic carbocycles. The molecule has 0 aromatic carbocycles. The summed E-state index contributed by atoms with van der Waals surface area (Å²) in [4.78, 5) is 3.85. The van der Waals surface area contributed by atoms with Crippen LogP contribution in [0.5, 0.6) is 0 Å². The third-order valence-electron chi connectivity index (χ3n) is 1.31. The Kier molecular flexibility index (Phi) is 2.99. The Morgan fingerprint density at radius 2 is 2.23 bits per heavy atom. The van der Waals surface area contributed by atoms with E-state index in [2.05, 4.69) is 14.7 Å². The van der Waals surface area contributed by atoms with E-state index in [0.717, 1.165) is 6.42 Å². The van der Waals surface area contributed by atoms with E-state index in [9.17, 15) is 8.42 Å². The lowest BCUT2D eigenvalue weighted by Crippen LogP contribution is -2.14. The highest BCUT2D eigenvalue weighted by Crippen LogP contribution is 2.02. The highest BCUT2D eigenvalue weighted by atomic mass is 32.2. The van der Waals surface area contributed by atoms with Gasteiger partial charge >= 0.3 is 0 Å². The fraction of sp³-hybridized carbons (Fsp3) is 0.667. The monoisotopic (exact) mass is 205 g/mol. The normalized spacial score (nSPS) is 11.8. The van der Waals surface area contributed by atoms with Crippen molar-refractivity contribution in [3.8, 4) is 0 Å². The molecule has 74 valence electrons. The number of hydrogen-bond acceptors (Lipinski definition) is 5. The van der Waals surface area contributed by atoms with Crippen LogP contribution in [0.3, 0.4) is 0 Å². The number of aryl methyl sites for hydroxylation is 1. The van der Waals surface area contributed by atoms with Crippen LogP contribution in [0.1, 0.15) is 25.1 Å². The Balaban J connectivity index is 2.69. The molecule has 0 fully saturated rings. The van der Waals surface area contributed by atoms with Crippen molar-refractivity contribution in [2.45, 2.75) is 25.5 Å². The van der Waals surface area contributed by atoms with Crippen molar-refractivity contribution < 1.29 is 12.9 Å². The predicted octanol–water partition coefficient (Wildman–Crippen LogP) is -0.189. The first-order chi connectivity index (χ1) is 6.01. The molecule has 0 unspecified atom stereocenters. The molecular weight excluding hydrogens is 194 g/mol. The number of nitrogens with two attached hydrogens (primary N) is 1. The van der Waals surface area contributed by atoms with Crippen LogP contribution in [0.15, 0.2) is 4.52 Å². The van der Waals surface area contributed by atoms with E-state index >= 15 is 0 Å².